The van der Waals surface area contributed by atoms with Crippen molar-refractivity contribution < 1.29 is 14.3 Å². The molecule has 1 aliphatic rings. The Bertz CT molecular complexity index is 1130. The highest BCUT2D eigenvalue weighted by Crippen LogP contribution is 2.25. The van der Waals surface area contributed by atoms with E-state index >= 15 is 0 Å². The Hall–Kier alpha value is -3.06. The Morgan fingerprint density at radius 2 is 1.65 bits per heavy atom. The van der Waals surface area contributed by atoms with Crippen molar-refractivity contribution in [3.8, 4) is 11.5 Å². The molecule has 7 heteroatoms. The summed E-state index contributed by atoms with van der Waals surface area (Å²) in [6, 6.07) is 13.1. The Kier molecular flexibility index (Phi) is 6.42. The molecule has 3 aromatic rings. The molecular formula is C24H30N4O3. The first-order valence-electron chi connectivity index (χ1n) is 10.8. The highest BCUT2D eigenvalue weighted by atomic mass is 16.5. The molecule has 0 amide bonds. The fourth-order valence-corrected chi connectivity index (χ4v) is 4.36. The van der Waals surface area contributed by atoms with Crippen molar-refractivity contribution in [1.82, 2.24) is 14.0 Å². The van der Waals surface area contributed by atoms with Crippen LogP contribution in [-0.2, 0) is 13.1 Å². The maximum atomic E-state index is 13.2. The Labute approximate surface area is 182 Å². The number of likely N-dealkylation sites (tertiary alicyclic amines) is 1. The third-order valence-corrected chi connectivity index (χ3v) is 6.07. The fraction of sp³-hybridized carbons (Fsp3) is 0.417. The average molecular weight is 423 g/mol. The first-order valence-corrected chi connectivity index (χ1v) is 10.8. The number of benzene rings is 2. The van der Waals surface area contributed by atoms with E-state index in [4.69, 9.17) is 14.9 Å². The lowest BCUT2D eigenvalue weighted by molar-refractivity contribution is 0.0968. The van der Waals surface area contributed by atoms with E-state index in [2.05, 4.69) is 4.90 Å². The summed E-state index contributed by atoms with van der Waals surface area (Å²) in [6.07, 6.45) is 3.81. The maximum absolute atomic E-state index is 13.2. The summed E-state index contributed by atoms with van der Waals surface area (Å²) in [6.45, 7) is 4.00. The van der Waals surface area contributed by atoms with Crippen LogP contribution in [0.1, 0.15) is 29.6 Å². The summed E-state index contributed by atoms with van der Waals surface area (Å²) in [5.41, 5.74) is 2.71. The molecule has 0 unspecified atom stereocenters. The Balaban J connectivity index is 1.63. The first-order chi connectivity index (χ1) is 15.1. The number of carbonyl (C=O) groups is 1. The van der Waals surface area contributed by atoms with Crippen LogP contribution in [0.5, 0.6) is 11.5 Å². The van der Waals surface area contributed by atoms with Crippen LogP contribution in [0.2, 0.25) is 0 Å². The van der Waals surface area contributed by atoms with Gasteiger partial charge in [-0.2, -0.15) is 0 Å². The number of piperidine rings is 1. The van der Waals surface area contributed by atoms with Gasteiger partial charge in [-0.15, -0.1) is 0 Å². The van der Waals surface area contributed by atoms with E-state index in [0.717, 1.165) is 37.2 Å². The normalized spacial score (nSPS) is 14.6. The molecule has 2 aromatic carbocycles. The van der Waals surface area contributed by atoms with Crippen LogP contribution < -0.4 is 15.1 Å². The maximum Gasteiger partial charge on any atom is 0.203 e. The van der Waals surface area contributed by atoms with Crippen LogP contribution in [0.25, 0.3) is 11.0 Å². The molecule has 0 atom stereocenters. The molecule has 0 saturated carbocycles. The van der Waals surface area contributed by atoms with Gasteiger partial charge in [0.1, 0.15) is 11.5 Å². The number of Topliss-reactive ketones (excluding diaryl/α,β-unsaturated/α-hetero) is 1. The lowest BCUT2D eigenvalue weighted by Crippen LogP contribution is -2.35. The van der Waals surface area contributed by atoms with E-state index in [-0.39, 0.29) is 12.3 Å². The number of rotatable bonds is 8. The van der Waals surface area contributed by atoms with E-state index < -0.39 is 0 Å². The highest BCUT2D eigenvalue weighted by Gasteiger charge is 2.18. The number of para-hydroxylation sites is 2. The smallest absolute Gasteiger partial charge is 0.203 e. The molecular weight excluding hydrogens is 392 g/mol. The summed E-state index contributed by atoms with van der Waals surface area (Å²) >= 11 is 0. The number of fused-ring (bicyclic) bond motifs is 1. The van der Waals surface area contributed by atoms with Gasteiger partial charge in [0.2, 0.25) is 5.62 Å². The van der Waals surface area contributed by atoms with Gasteiger partial charge >= 0.3 is 0 Å². The van der Waals surface area contributed by atoms with Gasteiger partial charge in [0, 0.05) is 19.2 Å². The van der Waals surface area contributed by atoms with Gasteiger partial charge in [-0.05, 0) is 50.2 Å². The second-order valence-corrected chi connectivity index (χ2v) is 7.94. The molecule has 2 heterocycles. The summed E-state index contributed by atoms with van der Waals surface area (Å²) < 4.78 is 14.4. The molecule has 0 radical (unpaired) electrons. The number of hydrogen-bond donors (Lipinski definition) is 1. The molecule has 1 N–H and O–H groups in total. The molecule has 7 nitrogen and oxygen atoms in total. The van der Waals surface area contributed by atoms with Crippen LogP contribution in [0, 0.1) is 5.41 Å². The number of imidazole rings is 1. The number of ether oxygens (including phenoxy) is 2. The minimum Gasteiger partial charge on any atom is -0.497 e. The SMILES string of the molecule is COc1ccc(C(=O)Cn2c(=N)n(CCN3CCCCC3)c3ccccc32)c(OC)c1. The lowest BCUT2D eigenvalue weighted by atomic mass is 10.1. The minimum atomic E-state index is -0.100. The molecule has 0 spiro atoms. The van der Waals surface area contributed by atoms with Crippen molar-refractivity contribution in [3.05, 3.63) is 53.6 Å². The first kappa shape index (κ1) is 21.2. The van der Waals surface area contributed by atoms with Gasteiger partial charge < -0.3 is 23.5 Å². The van der Waals surface area contributed by atoms with Crippen LogP contribution in [0.15, 0.2) is 42.5 Å². The van der Waals surface area contributed by atoms with Crippen LogP contribution in [0.3, 0.4) is 0 Å². The molecule has 0 bridgehead atoms. The van der Waals surface area contributed by atoms with Gasteiger partial charge in [0.25, 0.3) is 0 Å². The largest absolute Gasteiger partial charge is 0.497 e. The summed E-state index contributed by atoms with van der Waals surface area (Å²) in [7, 11) is 3.12. The number of methoxy groups -OCH3 is 2. The van der Waals surface area contributed by atoms with E-state index in [1.807, 2.05) is 28.8 Å². The van der Waals surface area contributed by atoms with Gasteiger partial charge in [-0.3, -0.25) is 10.2 Å². The summed E-state index contributed by atoms with van der Waals surface area (Å²) in [4.78, 5) is 15.6. The van der Waals surface area contributed by atoms with Crippen LogP contribution in [0.4, 0.5) is 0 Å². The zero-order chi connectivity index (χ0) is 21.8. The molecule has 1 aromatic heterocycles. The predicted octanol–water partition coefficient (Wildman–Crippen LogP) is 3.31. The summed E-state index contributed by atoms with van der Waals surface area (Å²) in [5.74, 6) is 1.01. The van der Waals surface area contributed by atoms with Gasteiger partial charge in [0.05, 0.1) is 37.4 Å². The van der Waals surface area contributed by atoms with E-state index in [0.29, 0.717) is 22.7 Å². The summed E-state index contributed by atoms with van der Waals surface area (Å²) in [5, 5.41) is 8.81. The van der Waals surface area contributed by atoms with Crippen molar-refractivity contribution in [1.29, 1.82) is 5.41 Å². The monoisotopic (exact) mass is 422 g/mol. The third-order valence-electron chi connectivity index (χ3n) is 6.07. The van der Waals surface area contributed by atoms with Crippen molar-refractivity contribution in [2.45, 2.75) is 32.4 Å². The molecule has 0 aliphatic carbocycles. The van der Waals surface area contributed by atoms with E-state index in [9.17, 15) is 4.79 Å². The zero-order valence-corrected chi connectivity index (χ0v) is 18.3. The Morgan fingerprint density at radius 1 is 0.935 bits per heavy atom. The van der Waals surface area contributed by atoms with Gasteiger partial charge in [-0.25, -0.2) is 0 Å². The standard InChI is InChI=1S/C24H30N4O3/c1-30-18-10-11-19(23(16-18)31-2)22(29)17-28-21-9-5-4-8-20(21)27(24(28)25)15-14-26-12-6-3-7-13-26/h4-5,8-11,16,25H,3,6-7,12-15,17H2,1-2H3. The molecule has 1 fully saturated rings. The minimum absolute atomic E-state index is 0.0821. The number of nitrogens with one attached hydrogen (secondary N) is 1. The number of ketones is 1. The lowest BCUT2D eigenvalue weighted by Gasteiger charge is -2.26. The molecule has 31 heavy (non-hydrogen) atoms. The molecule has 4 rings (SSSR count). The average Bonchev–Trinajstić information content (AvgIpc) is 3.08. The predicted molar refractivity (Wildman–Crippen MR) is 120 cm³/mol. The van der Waals surface area contributed by atoms with E-state index in [1.54, 1.807) is 37.0 Å². The highest BCUT2D eigenvalue weighted by molar-refractivity contribution is 5.99. The topological polar surface area (TPSA) is 72.5 Å². The van der Waals surface area contributed by atoms with Crippen molar-refractivity contribution in [3.63, 3.8) is 0 Å². The molecule has 1 aliphatic heterocycles. The zero-order valence-electron chi connectivity index (χ0n) is 18.3. The molecule has 1 saturated heterocycles. The number of nitrogens with zero attached hydrogens (tertiary/aromatic N) is 3. The number of hydrogen-bond acceptors (Lipinski definition) is 5. The van der Waals surface area contributed by atoms with Crippen LogP contribution >= 0.6 is 0 Å². The van der Waals surface area contributed by atoms with E-state index in [1.165, 1.54) is 19.3 Å². The quantitative estimate of drug-likeness (QED) is 0.566. The number of carbonyl (C=O) groups excluding carboxylic acids is 1. The third kappa shape index (κ3) is 4.37. The molecule has 164 valence electrons. The van der Waals surface area contributed by atoms with Crippen molar-refractivity contribution >= 4 is 16.8 Å². The Morgan fingerprint density at radius 3 is 2.32 bits per heavy atom. The van der Waals surface area contributed by atoms with Gasteiger partial charge in [-0.1, -0.05) is 18.6 Å². The van der Waals surface area contributed by atoms with Crippen LogP contribution in [-0.4, -0.2) is 53.7 Å². The fourth-order valence-electron chi connectivity index (χ4n) is 4.36. The van der Waals surface area contributed by atoms with Crippen molar-refractivity contribution in [2.75, 3.05) is 33.9 Å². The van der Waals surface area contributed by atoms with Crippen molar-refractivity contribution in [2.24, 2.45) is 0 Å². The second-order valence-electron chi connectivity index (χ2n) is 7.94. The second kappa shape index (κ2) is 9.39. The van der Waals surface area contributed by atoms with Gasteiger partial charge in [0.15, 0.2) is 5.78 Å². The number of aromatic nitrogens is 2.